The van der Waals surface area contributed by atoms with Crippen molar-refractivity contribution in [3.8, 4) is 0 Å². The summed E-state index contributed by atoms with van der Waals surface area (Å²) in [4.78, 5) is 2.48. The molecule has 18 heavy (non-hydrogen) atoms. The van der Waals surface area contributed by atoms with Crippen molar-refractivity contribution in [2.24, 2.45) is 5.92 Å². The van der Waals surface area contributed by atoms with Crippen LogP contribution < -0.4 is 5.32 Å². The third-order valence-corrected chi connectivity index (χ3v) is 4.59. The summed E-state index contributed by atoms with van der Waals surface area (Å²) in [7, 11) is 2.25. The topological polar surface area (TPSA) is 24.5 Å². The average molecular weight is 254 g/mol. The van der Waals surface area contributed by atoms with Crippen LogP contribution in [0.15, 0.2) is 0 Å². The van der Waals surface area contributed by atoms with E-state index in [4.69, 9.17) is 4.74 Å². The number of rotatable bonds is 7. The fourth-order valence-electron chi connectivity index (χ4n) is 2.68. The van der Waals surface area contributed by atoms with Crippen molar-refractivity contribution < 1.29 is 4.74 Å². The Labute approximate surface area is 112 Å². The molecular formula is C15H30N2O. The molecular weight excluding hydrogens is 224 g/mol. The lowest BCUT2D eigenvalue weighted by Crippen LogP contribution is -2.43. The van der Waals surface area contributed by atoms with Gasteiger partial charge < -0.3 is 15.0 Å². The molecule has 1 aliphatic carbocycles. The Morgan fingerprint density at radius 1 is 1.22 bits per heavy atom. The molecule has 0 spiro atoms. The SMILES string of the molecule is CC(CNC1CC1)C(C)N(C)CC1CCCCO1. The Morgan fingerprint density at radius 2 is 2.00 bits per heavy atom. The highest BCUT2D eigenvalue weighted by molar-refractivity contribution is 4.83. The third-order valence-electron chi connectivity index (χ3n) is 4.59. The lowest BCUT2D eigenvalue weighted by atomic mass is 10.0. The van der Waals surface area contributed by atoms with Crippen LogP contribution in [0.25, 0.3) is 0 Å². The maximum atomic E-state index is 5.83. The molecule has 106 valence electrons. The molecule has 0 aromatic carbocycles. The van der Waals surface area contributed by atoms with Crippen molar-refractivity contribution in [2.75, 3.05) is 26.7 Å². The first kappa shape index (κ1) is 14.3. The van der Waals surface area contributed by atoms with Crippen LogP contribution >= 0.6 is 0 Å². The molecule has 2 fully saturated rings. The molecule has 1 aliphatic heterocycles. The van der Waals surface area contributed by atoms with Gasteiger partial charge in [-0.3, -0.25) is 0 Å². The maximum Gasteiger partial charge on any atom is 0.0702 e. The largest absolute Gasteiger partial charge is 0.377 e. The van der Waals surface area contributed by atoms with Crippen LogP contribution in [0, 0.1) is 5.92 Å². The average Bonchev–Trinajstić information content (AvgIpc) is 3.20. The Bertz CT molecular complexity index is 237. The first-order valence-electron chi connectivity index (χ1n) is 7.72. The Morgan fingerprint density at radius 3 is 2.61 bits per heavy atom. The maximum absolute atomic E-state index is 5.83. The highest BCUT2D eigenvalue weighted by Crippen LogP contribution is 2.20. The molecule has 0 radical (unpaired) electrons. The number of likely N-dealkylation sites (N-methyl/N-ethyl adjacent to an activating group) is 1. The molecule has 0 aromatic rings. The van der Waals surface area contributed by atoms with Gasteiger partial charge in [-0.05, 0) is 58.5 Å². The number of ether oxygens (including phenoxy) is 1. The summed E-state index contributed by atoms with van der Waals surface area (Å²) in [6.45, 7) is 7.92. The summed E-state index contributed by atoms with van der Waals surface area (Å²) >= 11 is 0. The van der Waals surface area contributed by atoms with E-state index in [-0.39, 0.29) is 0 Å². The molecule has 3 unspecified atom stereocenters. The Kier molecular flexibility index (Phi) is 5.46. The van der Waals surface area contributed by atoms with Crippen molar-refractivity contribution in [3.63, 3.8) is 0 Å². The Hall–Kier alpha value is -0.120. The van der Waals surface area contributed by atoms with Crippen molar-refractivity contribution >= 4 is 0 Å². The van der Waals surface area contributed by atoms with Gasteiger partial charge in [0.15, 0.2) is 0 Å². The van der Waals surface area contributed by atoms with Gasteiger partial charge in [0.25, 0.3) is 0 Å². The molecule has 3 atom stereocenters. The lowest BCUT2D eigenvalue weighted by Gasteiger charge is -2.34. The molecule has 0 aromatic heterocycles. The zero-order valence-electron chi connectivity index (χ0n) is 12.3. The summed E-state index contributed by atoms with van der Waals surface area (Å²) < 4.78 is 5.83. The Balaban J connectivity index is 1.66. The van der Waals surface area contributed by atoms with Gasteiger partial charge in [0, 0.05) is 25.2 Å². The molecule has 1 saturated carbocycles. The number of hydrogen-bond acceptors (Lipinski definition) is 3. The minimum Gasteiger partial charge on any atom is -0.377 e. The van der Waals surface area contributed by atoms with E-state index in [1.165, 1.54) is 32.1 Å². The van der Waals surface area contributed by atoms with E-state index < -0.39 is 0 Å². The predicted molar refractivity (Wildman–Crippen MR) is 75.9 cm³/mol. The minimum atomic E-state index is 0.467. The van der Waals surface area contributed by atoms with Gasteiger partial charge in [-0.25, -0.2) is 0 Å². The lowest BCUT2D eigenvalue weighted by molar-refractivity contribution is -0.0106. The molecule has 2 rings (SSSR count). The van der Waals surface area contributed by atoms with E-state index in [1.54, 1.807) is 0 Å². The van der Waals surface area contributed by atoms with Crippen LogP contribution in [-0.4, -0.2) is 49.8 Å². The normalized spacial score (nSPS) is 28.3. The fourth-order valence-corrected chi connectivity index (χ4v) is 2.68. The summed E-state index contributed by atoms with van der Waals surface area (Å²) in [5.74, 6) is 0.708. The molecule has 3 heteroatoms. The van der Waals surface area contributed by atoms with Gasteiger partial charge in [0.05, 0.1) is 6.10 Å². The van der Waals surface area contributed by atoms with Crippen molar-refractivity contribution in [1.82, 2.24) is 10.2 Å². The first-order valence-corrected chi connectivity index (χ1v) is 7.72. The van der Waals surface area contributed by atoms with Gasteiger partial charge in [0.2, 0.25) is 0 Å². The minimum absolute atomic E-state index is 0.467. The second kappa shape index (κ2) is 6.88. The smallest absolute Gasteiger partial charge is 0.0702 e. The van der Waals surface area contributed by atoms with E-state index in [2.05, 4.69) is 31.1 Å². The second-order valence-corrected chi connectivity index (χ2v) is 6.33. The van der Waals surface area contributed by atoms with E-state index in [1.807, 2.05) is 0 Å². The van der Waals surface area contributed by atoms with Crippen LogP contribution in [0.5, 0.6) is 0 Å². The summed E-state index contributed by atoms with van der Waals surface area (Å²) in [6, 6.07) is 1.45. The second-order valence-electron chi connectivity index (χ2n) is 6.33. The first-order chi connectivity index (χ1) is 8.66. The zero-order chi connectivity index (χ0) is 13.0. The summed E-state index contributed by atoms with van der Waals surface area (Å²) in [6.07, 6.45) is 7.06. The van der Waals surface area contributed by atoms with Gasteiger partial charge >= 0.3 is 0 Å². The molecule has 1 N–H and O–H groups in total. The van der Waals surface area contributed by atoms with Crippen LogP contribution in [-0.2, 0) is 4.74 Å². The third kappa shape index (κ3) is 4.52. The zero-order valence-corrected chi connectivity index (χ0v) is 12.3. The van der Waals surface area contributed by atoms with Gasteiger partial charge in [-0.15, -0.1) is 0 Å². The van der Waals surface area contributed by atoms with E-state index in [9.17, 15) is 0 Å². The van der Waals surface area contributed by atoms with Gasteiger partial charge in [-0.1, -0.05) is 6.92 Å². The van der Waals surface area contributed by atoms with E-state index in [0.717, 1.165) is 25.7 Å². The molecule has 0 bridgehead atoms. The molecule has 1 saturated heterocycles. The molecule has 0 amide bonds. The van der Waals surface area contributed by atoms with Crippen molar-refractivity contribution in [1.29, 1.82) is 0 Å². The quantitative estimate of drug-likeness (QED) is 0.754. The van der Waals surface area contributed by atoms with Crippen molar-refractivity contribution in [2.45, 2.75) is 64.1 Å². The fraction of sp³-hybridized carbons (Fsp3) is 1.00. The van der Waals surface area contributed by atoms with E-state index >= 15 is 0 Å². The molecule has 1 heterocycles. The van der Waals surface area contributed by atoms with Gasteiger partial charge in [-0.2, -0.15) is 0 Å². The molecule has 2 aliphatic rings. The number of nitrogens with zero attached hydrogens (tertiary/aromatic N) is 1. The van der Waals surface area contributed by atoms with Crippen LogP contribution in [0.3, 0.4) is 0 Å². The highest BCUT2D eigenvalue weighted by atomic mass is 16.5. The number of nitrogens with one attached hydrogen (secondary N) is 1. The van der Waals surface area contributed by atoms with Crippen molar-refractivity contribution in [3.05, 3.63) is 0 Å². The van der Waals surface area contributed by atoms with Gasteiger partial charge in [0.1, 0.15) is 0 Å². The summed E-state index contributed by atoms with van der Waals surface area (Å²) in [5.41, 5.74) is 0. The highest BCUT2D eigenvalue weighted by Gasteiger charge is 2.25. The predicted octanol–water partition coefficient (Wildman–Crippen LogP) is 2.26. The van der Waals surface area contributed by atoms with Crippen LogP contribution in [0.1, 0.15) is 46.0 Å². The summed E-state index contributed by atoms with van der Waals surface area (Å²) in [5, 5.41) is 3.64. The van der Waals surface area contributed by atoms with Crippen LogP contribution in [0.2, 0.25) is 0 Å². The number of hydrogen-bond donors (Lipinski definition) is 1. The molecule has 3 nitrogen and oxygen atoms in total. The van der Waals surface area contributed by atoms with E-state index in [0.29, 0.717) is 18.1 Å². The monoisotopic (exact) mass is 254 g/mol. The van der Waals surface area contributed by atoms with Crippen LogP contribution in [0.4, 0.5) is 0 Å². The standard InChI is InChI=1S/C15H30N2O/c1-12(10-16-14-7-8-14)13(2)17(3)11-15-6-4-5-9-18-15/h12-16H,4-11H2,1-3H3.